The first kappa shape index (κ1) is 8.14. The summed E-state index contributed by atoms with van der Waals surface area (Å²) in [5, 5.41) is 9.06. The Hall–Kier alpha value is -0.960. The Morgan fingerprint density at radius 2 is 2.55 bits per heavy atom. The Morgan fingerprint density at radius 1 is 1.82 bits per heavy atom. The number of aliphatic hydroxyl groups is 1. The van der Waals surface area contributed by atoms with Crippen molar-refractivity contribution >= 4 is 0 Å². The Morgan fingerprint density at radius 3 is 3.00 bits per heavy atom. The third-order valence-electron chi connectivity index (χ3n) is 1.49. The van der Waals surface area contributed by atoms with E-state index in [4.69, 9.17) is 5.11 Å². The van der Waals surface area contributed by atoms with Crippen molar-refractivity contribution in [2.24, 2.45) is 0 Å². The quantitative estimate of drug-likeness (QED) is 0.698. The maximum absolute atomic E-state index is 13.0. The number of pyridine rings is 1. The third-order valence-corrected chi connectivity index (χ3v) is 1.49. The summed E-state index contributed by atoms with van der Waals surface area (Å²) >= 11 is 0. The number of alkyl halides is 1. The van der Waals surface area contributed by atoms with Crippen molar-refractivity contribution in [3.8, 4) is 0 Å². The molecule has 0 amide bonds. The molecule has 1 N–H and O–H groups in total. The summed E-state index contributed by atoms with van der Waals surface area (Å²) in [6, 6.07) is 3.02. The second-order valence-electron chi connectivity index (χ2n) is 2.28. The lowest BCUT2D eigenvalue weighted by Gasteiger charge is -2.15. The first-order valence-corrected chi connectivity index (χ1v) is 3.41. The lowest BCUT2D eigenvalue weighted by Crippen LogP contribution is -2.17. The Labute approximate surface area is 64.7 Å². The normalized spacial score (nSPS) is 15.9. The van der Waals surface area contributed by atoms with Gasteiger partial charge in [-0.05, 0) is 12.1 Å². The highest BCUT2D eigenvalue weighted by Crippen LogP contribution is 2.24. The summed E-state index contributed by atoms with van der Waals surface area (Å²) < 4.78 is 13.0. The molecule has 11 heavy (non-hydrogen) atoms. The predicted octanol–water partition coefficient (Wildman–Crippen LogP) is 1.41. The van der Waals surface area contributed by atoms with Crippen molar-refractivity contribution in [2.45, 2.75) is 19.2 Å². The van der Waals surface area contributed by atoms with Gasteiger partial charge in [-0.3, -0.25) is 4.98 Å². The van der Waals surface area contributed by atoms with E-state index in [2.05, 4.69) is 11.2 Å². The van der Waals surface area contributed by atoms with Crippen LogP contribution in [0.1, 0.15) is 18.9 Å². The molecule has 1 atom stereocenters. The fourth-order valence-electron chi connectivity index (χ4n) is 0.730. The highest BCUT2D eigenvalue weighted by atomic mass is 19.2. The first-order chi connectivity index (χ1) is 5.17. The molecule has 1 rings (SSSR count). The van der Waals surface area contributed by atoms with E-state index in [9.17, 15) is 4.39 Å². The molecule has 2 nitrogen and oxygen atoms in total. The van der Waals surface area contributed by atoms with Crippen LogP contribution in [0.15, 0.2) is 18.3 Å². The van der Waals surface area contributed by atoms with Crippen LogP contribution < -0.4 is 0 Å². The van der Waals surface area contributed by atoms with Gasteiger partial charge in [0.1, 0.15) is 0 Å². The maximum atomic E-state index is 13.0. The second kappa shape index (κ2) is 2.96. The molecular weight excluding hydrogens is 145 g/mol. The van der Waals surface area contributed by atoms with E-state index in [1.807, 2.05) is 0 Å². The summed E-state index contributed by atoms with van der Waals surface area (Å²) in [6.45, 7) is 1.56. The third kappa shape index (κ3) is 1.74. The Balaban J connectivity index is 2.93. The standard InChI is InChI=1S/C8H9FNO/c1-2-8(9,11)7-4-3-5-10-6-7/h3-5,11H,2H2,1H3. The molecule has 0 aromatic carbocycles. The van der Waals surface area contributed by atoms with E-state index in [0.717, 1.165) is 0 Å². The minimum absolute atomic E-state index is 0.00912. The van der Waals surface area contributed by atoms with Crippen LogP contribution in [0.25, 0.3) is 0 Å². The summed E-state index contributed by atoms with van der Waals surface area (Å²) in [6.07, 6.45) is 3.88. The van der Waals surface area contributed by atoms with Crippen LogP contribution in [-0.4, -0.2) is 10.1 Å². The van der Waals surface area contributed by atoms with Gasteiger partial charge in [0, 0.05) is 18.2 Å². The van der Waals surface area contributed by atoms with Gasteiger partial charge in [0.2, 0.25) is 5.85 Å². The molecule has 3 heteroatoms. The van der Waals surface area contributed by atoms with Crippen LogP contribution in [0, 0.1) is 6.20 Å². The Kier molecular flexibility index (Phi) is 2.19. The highest BCUT2D eigenvalue weighted by Gasteiger charge is 2.25. The number of hydrogen-bond donors (Lipinski definition) is 1. The van der Waals surface area contributed by atoms with Crippen molar-refractivity contribution < 1.29 is 9.50 Å². The van der Waals surface area contributed by atoms with Gasteiger partial charge in [0.05, 0.1) is 6.20 Å². The van der Waals surface area contributed by atoms with Gasteiger partial charge >= 0.3 is 0 Å². The van der Waals surface area contributed by atoms with E-state index in [0.29, 0.717) is 0 Å². The monoisotopic (exact) mass is 154 g/mol. The van der Waals surface area contributed by atoms with Crippen molar-refractivity contribution in [3.63, 3.8) is 0 Å². The molecule has 0 spiro atoms. The zero-order valence-corrected chi connectivity index (χ0v) is 6.21. The largest absolute Gasteiger partial charge is 0.358 e. The Bertz CT molecular complexity index is 223. The lowest BCUT2D eigenvalue weighted by atomic mass is 10.1. The van der Waals surface area contributed by atoms with Gasteiger partial charge in [0.25, 0.3) is 0 Å². The molecule has 1 aromatic rings. The molecule has 1 heterocycles. The second-order valence-corrected chi connectivity index (χ2v) is 2.28. The van der Waals surface area contributed by atoms with Crippen molar-refractivity contribution in [2.75, 3.05) is 0 Å². The molecule has 0 saturated heterocycles. The lowest BCUT2D eigenvalue weighted by molar-refractivity contribution is -0.0985. The average molecular weight is 154 g/mol. The minimum Gasteiger partial charge on any atom is -0.358 e. The molecule has 1 aromatic heterocycles. The zero-order chi connectivity index (χ0) is 8.32. The molecular formula is C8H9FNO. The molecule has 0 bridgehead atoms. The zero-order valence-electron chi connectivity index (χ0n) is 6.21. The number of halogens is 1. The SMILES string of the molecule is CCC(O)(F)c1[c]nccc1. The minimum atomic E-state index is -2.28. The van der Waals surface area contributed by atoms with Gasteiger partial charge in [-0.15, -0.1) is 0 Å². The van der Waals surface area contributed by atoms with Crippen molar-refractivity contribution in [1.29, 1.82) is 0 Å². The molecule has 1 radical (unpaired) electrons. The smallest absolute Gasteiger partial charge is 0.234 e. The van der Waals surface area contributed by atoms with Crippen LogP contribution in [0.2, 0.25) is 0 Å². The van der Waals surface area contributed by atoms with Crippen LogP contribution in [0.5, 0.6) is 0 Å². The summed E-state index contributed by atoms with van der Waals surface area (Å²) in [7, 11) is 0. The molecule has 1 unspecified atom stereocenters. The molecule has 0 fully saturated rings. The van der Waals surface area contributed by atoms with Crippen molar-refractivity contribution in [1.82, 2.24) is 4.98 Å². The van der Waals surface area contributed by atoms with Gasteiger partial charge in [-0.25, -0.2) is 4.39 Å². The molecule has 0 saturated carbocycles. The topological polar surface area (TPSA) is 33.1 Å². The summed E-state index contributed by atoms with van der Waals surface area (Å²) in [5.41, 5.74) is 0.0856. The van der Waals surface area contributed by atoms with Crippen LogP contribution in [0.3, 0.4) is 0 Å². The number of rotatable bonds is 2. The van der Waals surface area contributed by atoms with Gasteiger partial charge in [-0.1, -0.05) is 6.92 Å². The number of nitrogens with zero attached hydrogens (tertiary/aromatic N) is 1. The molecule has 59 valence electrons. The van der Waals surface area contributed by atoms with Crippen molar-refractivity contribution in [3.05, 3.63) is 30.1 Å². The average Bonchev–Trinajstić information content (AvgIpc) is 2.06. The maximum Gasteiger partial charge on any atom is 0.234 e. The predicted molar refractivity (Wildman–Crippen MR) is 38.4 cm³/mol. The van der Waals surface area contributed by atoms with Gasteiger partial charge < -0.3 is 5.11 Å². The van der Waals surface area contributed by atoms with E-state index < -0.39 is 5.85 Å². The van der Waals surface area contributed by atoms with Gasteiger partial charge in [0.15, 0.2) is 0 Å². The molecule has 0 aliphatic rings. The number of aromatic nitrogens is 1. The van der Waals surface area contributed by atoms with Crippen LogP contribution >= 0.6 is 0 Å². The fraction of sp³-hybridized carbons (Fsp3) is 0.375. The summed E-state index contributed by atoms with van der Waals surface area (Å²) in [4.78, 5) is 3.57. The van der Waals surface area contributed by atoms with E-state index >= 15 is 0 Å². The van der Waals surface area contributed by atoms with E-state index in [1.54, 1.807) is 13.0 Å². The van der Waals surface area contributed by atoms with E-state index in [-0.39, 0.29) is 12.0 Å². The molecule has 0 aliphatic carbocycles. The summed E-state index contributed by atoms with van der Waals surface area (Å²) in [5.74, 6) is -2.28. The molecule has 0 aliphatic heterocycles. The highest BCUT2D eigenvalue weighted by molar-refractivity contribution is 5.12. The first-order valence-electron chi connectivity index (χ1n) is 3.41. The fourth-order valence-corrected chi connectivity index (χ4v) is 0.730. The van der Waals surface area contributed by atoms with Crippen LogP contribution in [-0.2, 0) is 5.85 Å². The van der Waals surface area contributed by atoms with Crippen LogP contribution in [0.4, 0.5) is 4.39 Å². The van der Waals surface area contributed by atoms with Gasteiger partial charge in [-0.2, -0.15) is 0 Å². The van der Waals surface area contributed by atoms with E-state index in [1.165, 1.54) is 12.3 Å². The number of hydrogen-bond acceptors (Lipinski definition) is 2.